The predicted octanol–water partition coefficient (Wildman–Crippen LogP) is 4.90. The van der Waals surface area contributed by atoms with E-state index in [1.54, 1.807) is 42.5 Å². The Morgan fingerprint density at radius 2 is 1.74 bits per heavy atom. The van der Waals surface area contributed by atoms with E-state index in [9.17, 15) is 14.4 Å². The van der Waals surface area contributed by atoms with Crippen LogP contribution in [0.5, 0.6) is 11.5 Å². The minimum atomic E-state index is -1.78. The van der Waals surface area contributed by atoms with Crippen LogP contribution >= 0.6 is 50.7 Å². The van der Waals surface area contributed by atoms with Gasteiger partial charge >= 0.3 is 12.1 Å². The molecule has 0 aromatic heterocycles. The van der Waals surface area contributed by atoms with Gasteiger partial charge in [0, 0.05) is 6.42 Å². The Hall–Kier alpha value is -2.20. The fourth-order valence-corrected chi connectivity index (χ4v) is 3.48. The van der Waals surface area contributed by atoms with Crippen LogP contribution in [0.15, 0.2) is 46.9 Å². The van der Waals surface area contributed by atoms with Crippen LogP contribution in [-0.4, -0.2) is 55.1 Å². The van der Waals surface area contributed by atoms with Gasteiger partial charge in [0.05, 0.1) is 24.3 Å². The Morgan fingerprint density at radius 1 is 1.06 bits per heavy atom. The number of esters is 1. The number of ether oxygens (including phenoxy) is 4. The highest BCUT2D eigenvalue weighted by molar-refractivity contribution is 9.10. The van der Waals surface area contributed by atoms with E-state index in [-0.39, 0.29) is 18.8 Å². The highest BCUT2D eigenvalue weighted by Gasteiger charge is 2.26. The number of alkyl carbamates (subject to hydrolysis) is 1. The number of carbonyl (C=O) groups excluding carboxylic acids is 3. The second kappa shape index (κ2) is 13.0. The quantitative estimate of drug-likeness (QED) is 0.236. The van der Waals surface area contributed by atoms with Crippen LogP contribution in [-0.2, 0) is 20.7 Å². The molecule has 0 radical (unpaired) electrons. The van der Waals surface area contributed by atoms with Crippen molar-refractivity contribution in [2.45, 2.75) is 16.3 Å². The van der Waals surface area contributed by atoms with E-state index in [1.165, 1.54) is 14.2 Å². The summed E-state index contributed by atoms with van der Waals surface area (Å²) < 4.78 is 19.2. The van der Waals surface area contributed by atoms with Gasteiger partial charge in [-0.1, -0.05) is 53.0 Å². The molecule has 1 atom stereocenters. The summed E-state index contributed by atoms with van der Waals surface area (Å²) in [5.41, 5.74) is 1.08. The lowest BCUT2D eigenvalue weighted by Gasteiger charge is -2.18. The van der Waals surface area contributed by atoms with Crippen LogP contribution in [0, 0.1) is 0 Å². The highest BCUT2D eigenvalue weighted by atomic mass is 79.9. The largest absolute Gasteiger partial charge is 0.495 e. The average Bonchev–Trinajstić information content (AvgIpc) is 2.80. The summed E-state index contributed by atoms with van der Waals surface area (Å²) in [4.78, 5) is 36.5. The molecular formula is C22H21BrCl3NO7. The van der Waals surface area contributed by atoms with E-state index in [0.29, 0.717) is 27.1 Å². The molecule has 1 amide bonds. The monoisotopic (exact) mass is 595 g/mol. The maximum absolute atomic E-state index is 12.5. The van der Waals surface area contributed by atoms with Crippen molar-refractivity contribution in [1.29, 1.82) is 0 Å². The average molecular weight is 598 g/mol. The first-order chi connectivity index (χ1) is 16.0. The van der Waals surface area contributed by atoms with Gasteiger partial charge in [-0.05, 0) is 45.8 Å². The van der Waals surface area contributed by atoms with Crippen molar-refractivity contribution in [3.8, 4) is 11.5 Å². The van der Waals surface area contributed by atoms with Crippen molar-refractivity contribution < 1.29 is 33.3 Å². The van der Waals surface area contributed by atoms with Gasteiger partial charge in [0.1, 0.15) is 24.1 Å². The summed E-state index contributed by atoms with van der Waals surface area (Å²) in [5, 5.41) is 2.37. The van der Waals surface area contributed by atoms with Crippen molar-refractivity contribution >= 4 is 68.6 Å². The third-order valence-electron chi connectivity index (χ3n) is 4.35. The number of alkyl halides is 3. The fourth-order valence-electron chi connectivity index (χ4n) is 2.79. The van der Waals surface area contributed by atoms with Gasteiger partial charge in [-0.2, -0.15) is 0 Å². The first-order valence-corrected chi connectivity index (χ1v) is 11.6. The zero-order chi connectivity index (χ0) is 25.3. The molecular weight excluding hydrogens is 577 g/mol. The molecule has 0 saturated carbocycles. The number of rotatable bonds is 10. The molecule has 0 unspecified atom stereocenters. The predicted molar refractivity (Wildman–Crippen MR) is 131 cm³/mol. The molecule has 0 spiro atoms. The Balaban J connectivity index is 1.97. The van der Waals surface area contributed by atoms with E-state index in [2.05, 4.69) is 21.2 Å². The number of carbonyl (C=O) groups is 3. The number of nitrogens with one attached hydrogen (secondary N) is 1. The first-order valence-electron chi connectivity index (χ1n) is 9.69. The topological polar surface area (TPSA) is 100 Å². The molecule has 0 aliphatic heterocycles. The van der Waals surface area contributed by atoms with Gasteiger partial charge in [-0.3, -0.25) is 4.79 Å². The van der Waals surface area contributed by atoms with Gasteiger partial charge in [-0.15, -0.1) is 0 Å². The Morgan fingerprint density at radius 3 is 2.32 bits per heavy atom. The molecule has 184 valence electrons. The van der Waals surface area contributed by atoms with E-state index in [0.717, 1.165) is 0 Å². The fraction of sp³-hybridized carbons (Fsp3) is 0.318. The summed E-state index contributed by atoms with van der Waals surface area (Å²) in [6.45, 7) is -0.693. The number of hydrogen-bond donors (Lipinski definition) is 1. The van der Waals surface area contributed by atoms with Crippen molar-refractivity contribution in [3.05, 3.63) is 58.1 Å². The normalized spacial score (nSPS) is 11.8. The van der Waals surface area contributed by atoms with Crippen molar-refractivity contribution in [2.24, 2.45) is 0 Å². The minimum absolute atomic E-state index is 0.101. The summed E-state index contributed by atoms with van der Waals surface area (Å²) in [5.74, 6) is -0.0684. The summed E-state index contributed by atoms with van der Waals surface area (Å²) >= 11 is 20.0. The molecule has 0 saturated heterocycles. The van der Waals surface area contributed by atoms with E-state index in [1.807, 2.05) is 0 Å². The zero-order valence-corrected chi connectivity index (χ0v) is 22.0. The maximum Gasteiger partial charge on any atom is 0.408 e. The lowest BCUT2D eigenvalue weighted by atomic mass is 10.1. The Kier molecular flexibility index (Phi) is 10.8. The summed E-state index contributed by atoms with van der Waals surface area (Å²) in [7, 11) is 2.67. The van der Waals surface area contributed by atoms with Crippen molar-refractivity contribution in [2.75, 3.05) is 27.4 Å². The Bertz CT molecular complexity index is 1010. The van der Waals surface area contributed by atoms with Crippen LogP contribution in [0.25, 0.3) is 0 Å². The number of hydrogen-bond acceptors (Lipinski definition) is 7. The van der Waals surface area contributed by atoms with E-state index < -0.39 is 28.5 Å². The highest BCUT2D eigenvalue weighted by Crippen LogP contribution is 2.29. The van der Waals surface area contributed by atoms with Gasteiger partial charge in [0.15, 0.2) is 6.61 Å². The standard InChI is InChI=1S/C22H21BrCl3NO7/c1-31-19-15(4-3-5-16(19)23)18(28)11-33-14-8-6-13(7-9-14)10-17(20(29)32-2)27-21(30)34-12-22(24,25)26/h3-9,17H,10-12H2,1-2H3,(H,27,30)/t17-/m0/s1. The second-order valence-corrected chi connectivity index (χ2v) is 10.2. The molecule has 34 heavy (non-hydrogen) atoms. The van der Waals surface area contributed by atoms with Crippen molar-refractivity contribution in [1.82, 2.24) is 5.32 Å². The Labute approximate surface area is 219 Å². The number of para-hydroxylation sites is 1. The van der Waals surface area contributed by atoms with Crippen LogP contribution < -0.4 is 14.8 Å². The second-order valence-electron chi connectivity index (χ2n) is 6.79. The van der Waals surface area contributed by atoms with Gasteiger partial charge in [0.2, 0.25) is 9.58 Å². The SMILES string of the molecule is COC(=O)[C@H](Cc1ccc(OCC(=O)c2cccc(Br)c2OC)cc1)NC(=O)OCC(Cl)(Cl)Cl. The molecule has 0 bridgehead atoms. The van der Waals surface area contributed by atoms with E-state index >= 15 is 0 Å². The molecule has 2 aromatic carbocycles. The number of amides is 1. The van der Waals surface area contributed by atoms with Crippen LogP contribution in [0.2, 0.25) is 0 Å². The molecule has 0 aliphatic carbocycles. The number of Topliss-reactive ketones (excluding diaryl/α,β-unsaturated/α-hetero) is 1. The zero-order valence-electron chi connectivity index (χ0n) is 18.1. The molecule has 0 fully saturated rings. The van der Waals surface area contributed by atoms with Crippen LogP contribution in [0.1, 0.15) is 15.9 Å². The molecule has 12 heteroatoms. The lowest BCUT2D eigenvalue weighted by Crippen LogP contribution is -2.43. The van der Waals surface area contributed by atoms with Crippen LogP contribution in [0.4, 0.5) is 4.79 Å². The summed E-state index contributed by atoms with van der Waals surface area (Å²) in [6, 6.07) is 10.8. The van der Waals surface area contributed by atoms with Gasteiger partial charge in [0.25, 0.3) is 0 Å². The van der Waals surface area contributed by atoms with Gasteiger partial charge < -0.3 is 24.3 Å². The van der Waals surface area contributed by atoms with E-state index in [4.69, 9.17) is 53.8 Å². The first kappa shape index (κ1) is 28.0. The number of halogens is 4. The number of benzene rings is 2. The molecule has 2 aromatic rings. The molecule has 0 heterocycles. The number of ketones is 1. The van der Waals surface area contributed by atoms with Gasteiger partial charge in [-0.25, -0.2) is 9.59 Å². The summed E-state index contributed by atoms with van der Waals surface area (Å²) in [6.07, 6.45) is -0.840. The lowest BCUT2D eigenvalue weighted by molar-refractivity contribution is -0.142. The maximum atomic E-state index is 12.5. The third kappa shape index (κ3) is 8.87. The molecule has 8 nitrogen and oxygen atoms in total. The van der Waals surface area contributed by atoms with Crippen molar-refractivity contribution in [3.63, 3.8) is 0 Å². The molecule has 0 aliphatic rings. The molecule has 2 rings (SSSR count). The number of methoxy groups -OCH3 is 2. The van der Waals surface area contributed by atoms with Crippen LogP contribution in [0.3, 0.4) is 0 Å². The third-order valence-corrected chi connectivity index (χ3v) is 5.30. The minimum Gasteiger partial charge on any atom is -0.495 e. The molecule has 1 N–H and O–H groups in total. The smallest absolute Gasteiger partial charge is 0.408 e.